The van der Waals surface area contributed by atoms with Crippen LogP contribution in [0.5, 0.6) is 0 Å². The van der Waals surface area contributed by atoms with Gasteiger partial charge in [0.1, 0.15) is 5.54 Å². The highest BCUT2D eigenvalue weighted by Gasteiger charge is 2.55. The SMILES string of the molecule is [C-]#[N+]C1=CC(C)[C@H]2O[C@@H](C)C[C@@]1(NOCc1ccccc1)C2O. The zero-order valence-corrected chi connectivity index (χ0v) is 13.4. The number of ether oxygens (including phenoxy) is 1. The van der Waals surface area contributed by atoms with E-state index in [1.54, 1.807) is 0 Å². The van der Waals surface area contributed by atoms with Gasteiger partial charge in [-0.15, -0.1) is 0 Å². The standard InChI is InChI=1S/C18H22N2O3/c1-12-9-15(19-3)18(10-13(2)23-16(12)17(18)21)20-22-11-14-7-5-4-6-8-14/h4-9,12-13,16-17,20-21H,10-11H2,1-2H3/t12?,13-,16+,17?,18-/m0/s1. The first-order valence-corrected chi connectivity index (χ1v) is 7.93. The van der Waals surface area contributed by atoms with E-state index in [9.17, 15) is 5.11 Å². The first-order valence-electron chi connectivity index (χ1n) is 7.93. The van der Waals surface area contributed by atoms with Crippen molar-refractivity contribution in [2.75, 3.05) is 0 Å². The molecule has 1 aromatic rings. The van der Waals surface area contributed by atoms with Gasteiger partial charge in [0.2, 0.25) is 0 Å². The van der Waals surface area contributed by atoms with Gasteiger partial charge in [-0.1, -0.05) is 43.3 Å². The van der Waals surface area contributed by atoms with E-state index in [2.05, 4.69) is 10.3 Å². The molecule has 5 nitrogen and oxygen atoms in total. The molecule has 0 aromatic heterocycles. The molecule has 122 valence electrons. The molecule has 5 heteroatoms. The molecule has 2 aliphatic rings. The number of nitrogens with one attached hydrogen (secondary N) is 1. The Bertz CT molecular complexity index is 625. The Hall–Kier alpha value is -1.71. The maximum atomic E-state index is 10.8. The summed E-state index contributed by atoms with van der Waals surface area (Å²) in [6.45, 7) is 11.8. The molecule has 1 fully saturated rings. The zero-order valence-electron chi connectivity index (χ0n) is 13.4. The van der Waals surface area contributed by atoms with E-state index in [0.29, 0.717) is 18.7 Å². The first-order chi connectivity index (χ1) is 11.1. The van der Waals surface area contributed by atoms with Crippen LogP contribution in [0, 0.1) is 12.5 Å². The molecule has 1 saturated heterocycles. The van der Waals surface area contributed by atoms with Gasteiger partial charge in [0.15, 0.2) is 5.70 Å². The van der Waals surface area contributed by atoms with Crippen LogP contribution in [0.1, 0.15) is 25.8 Å². The Labute approximate surface area is 136 Å². The van der Waals surface area contributed by atoms with Crippen molar-refractivity contribution in [3.8, 4) is 0 Å². The summed E-state index contributed by atoms with van der Waals surface area (Å²) >= 11 is 0. The van der Waals surface area contributed by atoms with Crippen LogP contribution in [0.15, 0.2) is 42.1 Å². The lowest BCUT2D eigenvalue weighted by Crippen LogP contribution is -2.67. The van der Waals surface area contributed by atoms with Crippen molar-refractivity contribution in [1.82, 2.24) is 5.48 Å². The maximum absolute atomic E-state index is 10.8. The summed E-state index contributed by atoms with van der Waals surface area (Å²) in [5.74, 6) is 0.000832. The van der Waals surface area contributed by atoms with Gasteiger partial charge in [-0.2, -0.15) is 5.48 Å². The molecule has 0 amide bonds. The number of hydrogen-bond donors (Lipinski definition) is 2. The molecule has 0 spiro atoms. The molecule has 23 heavy (non-hydrogen) atoms. The molecule has 1 heterocycles. The quantitative estimate of drug-likeness (QED) is 0.662. The highest BCUT2D eigenvalue weighted by Crippen LogP contribution is 2.43. The molecule has 1 aliphatic heterocycles. The lowest BCUT2D eigenvalue weighted by Gasteiger charge is -2.51. The number of rotatable bonds is 4. The molecule has 2 N–H and O–H groups in total. The largest absolute Gasteiger partial charge is 0.389 e. The minimum atomic E-state index is -0.897. The maximum Gasteiger partial charge on any atom is 0.186 e. The number of aliphatic hydroxyl groups is 1. The van der Waals surface area contributed by atoms with Gasteiger partial charge >= 0.3 is 0 Å². The molecule has 3 rings (SSSR count). The van der Waals surface area contributed by atoms with Gasteiger partial charge in [-0.05, 0) is 24.8 Å². The second kappa shape index (κ2) is 6.42. The van der Waals surface area contributed by atoms with E-state index >= 15 is 0 Å². The molecule has 1 aromatic carbocycles. The second-order valence-electron chi connectivity index (χ2n) is 6.43. The van der Waals surface area contributed by atoms with Crippen LogP contribution in [-0.2, 0) is 16.2 Å². The predicted octanol–water partition coefficient (Wildman–Crippen LogP) is 2.44. The third-order valence-corrected chi connectivity index (χ3v) is 4.67. The van der Waals surface area contributed by atoms with Gasteiger partial charge in [-0.25, -0.2) is 4.85 Å². The minimum absolute atomic E-state index is 0.000832. The molecule has 0 saturated carbocycles. The van der Waals surface area contributed by atoms with Gasteiger partial charge in [0.05, 0.1) is 31.5 Å². The van der Waals surface area contributed by atoms with E-state index in [1.165, 1.54) is 0 Å². The zero-order chi connectivity index (χ0) is 16.4. The van der Waals surface area contributed by atoms with Crippen LogP contribution in [0.25, 0.3) is 4.85 Å². The minimum Gasteiger partial charge on any atom is -0.389 e. The van der Waals surface area contributed by atoms with E-state index in [-0.39, 0.29) is 18.1 Å². The Morgan fingerprint density at radius 2 is 2.13 bits per heavy atom. The highest BCUT2D eigenvalue weighted by atomic mass is 16.6. The summed E-state index contributed by atoms with van der Waals surface area (Å²) in [6.07, 6.45) is 1.20. The van der Waals surface area contributed by atoms with Crippen molar-refractivity contribution < 1.29 is 14.7 Å². The lowest BCUT2D eigenvalue weighted by molar-refractivity contribution is -0.195. The molecule has 5 atom stereocenters. The summed E-state index contributed by atoms with van der Waals surface area (Å²) in [5, 5.41) is 10.8. The monoisotopic (exact) mass is 314 g/mol. The topological polar surface area (TPSA) is 55.1 Å². The Kier molecular flexibility index (Phi) is 4.51. The number of fused-ring (bicyclic) bond motifs is 2. The Morgan fingerprint density at radius 1 is 1.39 bits per heavy atom. The molecular weight excluding hydrogens is 292 g/mol. The van der Waals surface area contributed by atoms with Crippen molar-refractivity contribution >= 4 is 0 Å². The van der Waals surface area contributed by atoms with E-state index in [4.69, 9.17) is 16.1 Å². The number of aliphatic hydroxyl groups excluding tert-OH is 1. The summed E-state index contributed by atoms with van der Waals surface area (Å²) in [4.78, 5) is 9.33. The van der Waals surface area contributed by atoms with E-state index < -0.39 is 11.6 Å². The van der Waals surface area contributed by atoms with E-state index in [0.717, 1.165) is 5.56 Å². The van der Waals surface area contributed by atoms with Crippen LogP contribution >= 0.6 is 0 Å². The van der Waals surface area contributed by atoms with Crippen molar-refractivity contribution in [1.29, 1.82) is 0 Å². The fourth-order valence-electron chi connectivity index (χ4n) is 3.52. The van der Waals surface area contributed by atoms with Crippen molar-refractivity contribution in [3.05, 3.63) is 59.1 Å². The van der Waals surface area contributed by atoms with Crippen LogP contribution in [0.3, 0.4) is 0 Å². The van der Waals surface area contributed by atoms with Gasteiger partial charge in [-0.3, -0.25) is 4.84 Å². The average Bonchev–Trinajstić information content (AvgIpc) is 2.54. The van der Waals surface area contributed by atoms with Crippen molar-refractivity contribution in [3.63, 3.8) is 0 Å². The third kappa shape index (κ3) is 2.91. The Morgan fingerprint density at radius 3 is 2.83 bits per heavy atom. The van der Waals surface area contributed by atoms with E-state index in [1.807, 2.05) is 50.3 Å². The van der Waals surface area contributed by atoms with Crippen molar-refractivity contribution in [2.45, 2.75) is 50.7 Å². The van der Waals surface area contributed by atoms with Gasteiger partial charge < -0.3 is 9.84 Å². The van der Waals surface area contributed by atoms with Crippen LogP contribution in [-0.4, -0.2) is 29.0 Å². The molecule has 2 bridgehead atoms. The number of nitrogens with zero attached hydrogens (tertiary/aromatic N) is 1. The normalized spacial score (nSPS) is 36.2. The molecule has 2 unspecified atom stereocenters. The van der Waals surface area contributed by atoms with Crippen LogP contribution in [0.2, 0.25) is 0 Å². The predicted molar refractivity (Wildman–Crippen MR) is 85.9 cm³/mol. The summed E-state index contributed by atoms with van der Waals surface area (Å²) in [7, 11) is 0. The van der Waals surface area contributed by atoms with Crippen LogP contribution in [0.4, 0.5) is 0 Å². The van der Waals surface area contributed by atoms with Crippen molar-refractivity contribution in [2.24, 2.45) is 5.92 Å². The molecular formula is C18H22N2O3. The Balaban J connectivity index is 1.81. The first kappa shape index (κ1) is 16.2. The summed E-state index contributed by atoms with van der Waals surface area (Å²) in [6, 6.07) is 9.79. The number of benzene rings is 1. The second-order valence-corrected chi connectivity index (χ2v) is 6.43. The fourth-order valence-corrected chi connectivity index (χ4v) is 3.52. The lowest BCUT2D eigenvalue weighted by atomic mass is 9.71. The molecule has 0 radical (unpaired) electrons. The average molecular weight is 314 g/mol. The van der Waals surface area contributed by atoms with Gasteiger partial charge in [0.25, 0.3) is 0 Å². The number of hydrogen-bond acceptors (Lipinski definition) is 4. The molecule has 1 aliphatic carbocycles. The van der Waals surface area contributed by atoms with Crippen LogP contribution < -0.4 is 5.48 Å². The smallest absolute Gasteiger partial charge is 0.186 e. The fraction of sp³-hybridized carbons (Fsp3) is 0.500. The summed E-state index contributed by atoms with van der Waals surface area (Å²) < 4.78 is 5.87. The highest BCUT2D eigenvalue weighted by molar-refractivity contribution is 5.35. The third-order valence-electron chi connectivity index (χ3n) is 4.67. The summed E-state index contributed by atoms with van der Waals surface area (Å²) in [5.41, 5.74) is 3.65. The number of hydroxylamine groups is 1. The van der Waals surface area contributed by atoms with Gasteiger partial charge in [0, 0.05) is 0 Å².